The van der Waals surface area contributed by atoms with Gasteiger partial charge < -0.3 is 11.1 Å². The molecule has 3 nitrogen and oxygen atoms in total. The second kappa shape index (κ2) is 4.18. The Kier molecular flexibility index (Phi) is 2.72. The largest absolute Gasteiger partial charge is 0.396 e. The minimum absolute atomic E-state index is 0.296. The van der Waals surface area contributed by atoms with Crippen LogP contribution in [0.3, 0.4) is 0 Å². The van der Waals surface area contributed by atoms with Gasteiger partial charge in [-0.3, -0.25) is 0 Å². The lowest BCUT2D eigenvalue weighted by atomic mass is 10.2. The number of hydrogen-bond acceptors (Lipinski definition) is 3. The van der Waals surface area contributed by atoms with Gasteiger partial charge in [-0.15, -0.1) is 0 Å². The topological polar surface area (TPSA) is 50.9 Å². The molecule has 0 bridgehead atoms. The van der Waals surface area contributed by atoms with E-state index >= 15 is 0 Å². The summed E-state index contributed by atoms with van der Waals surface area (Å²) in [4.78, 5) is 4.14. The smallest absolute Gasteiger partial charge is 0.153 e. The summed E-state index contributed by atoms with van der Waals surface area (Å²) in [5.41, 5.74) is 7.95. The van der Waals surface area contributed by atoms with E-state index in [4.69, 9.17) is 5.73 Å². The van der Waals surface area contributed by atoms with Gasteiger partial charge in [-0.25, -0.2) is 9.37 Å². The van der Waals surface area contributed by atoms with Crippen LogP contribution >= 0.6 is 0 Å². The van der Waals surface area contributed by atoms with Gasteiger partial charge in [0.05, 0.1) is 5.69 Å². The number of hydrogen-bond donors (Lipinski definition) is 2. The maximum Gasteiger partial charge on any atom is 0.153 e. The predicted molar refractivity (Wildman–Crippen MR) is 63.1 cm³/mol. The summed E-state index contributed by atoms with van der Waals surface area (Å²) in [5.74, 6) is 0.242. The molecule has 82 valence electrons. The monoisotopic (exact) mass is 217 g/mol. The summed E-state index contributed by atoms with van der Waals surface area (Å²) in [6.07, 6.45) is 1.71. The van der Waals surface area contributed by atoms with Crippen molar-refractivity contribution in [3.63, 3.8) is 0 Å². The number of aryl methyl sites for hydroxylation is 1. The van der Waals surface area contributed by atoms with Gasteiger partial charge >= 0.3 is 0 Å². The molecule has 4 heteroatoms. The van der Waals surface area contributed by atoms with Crippen molar-refractivity contribution in [3.8, 4) is 0 Å². The van der Waals surface area contributed by atoms with Crippen LogP contribution < -0.4 is 11.1 Å². The summed E-state index contributed by atoms with van der Waals surface area (Å²) in [7, 11) is 0. The first-order valence-electron chi connectivity index (χ1n) is 4.90. The van der Waals surface area contributed by atoms with Gasteiger partial charge in [0.15, 0.2) is 5.82 Å². The number of benzene rings is 1. The molecule has 0 atom stereocenters. The molecule has 0 aliphatic rings. The summed E-state index contributed by atoms with van der Waals surface area (Å²) in [6.45, 7) is 1.91. The molecular formula is C12H12FN3. The Morgan fingerprint density at radius 2 is 2.12 bits per heavy atom. The first kappa shape index (κ1) is 10.4. The van der Waals surface area contributed by atoms with Gasteiger partial charge in [-0.1, -0.05) is 6.07 Å². The van der Waals surface area contributed by atoms with E-state index in [1.54, 1.807) is 18.3 Å². The lowest BCUT2D eigenvalue weighted by Crippen LogP contribution is -1.99. The van der Waals surface area contributed by atoms with Crippen molar-refractivity contribution in [2.75, 3.05) is 11.1 Å². The fourth-order valence-electron chi connectivity index (χ4n) is 1.40. The molecule has 0 spiro atoms. The Labute approximate surface area is 93.1 Å². The Hall–Kier alpha value is -2.10. The molecule has 0 unspecified atom stereocenters. The second-order valence-electron chi connectivity index (χ2n) is 3.59. The van der Waals surface area contributed by atoms with E-state index in [1.165, 1.54) is 12.1 Å². The van der Waals surface area contributed by atoms with Crippen molar-refractivity contribution in [2.24, 2.45) is 0 Å². The third-order valence-corrected chi connectivity index (χ3v) is 2.14. The van der Waals surface area contributed by atoms with Gasteiger partial charge in [-0.05, 0) is 36.8 Å². The first-order chi connectivity index (χ1) is 7.65. The molecular weight excluding hydrogens is 205 g/mol. The zero-order valence-corrected chi connectivity index (χ0v) is 8.87. The number of nitrogens with two attached hydrogens (primary N) is 1. The molecule has 2 aromatic rings. The highest BCUT2D eigenvalue weighted by molar-refractivity contribution is 5.68. The van der Waals surface area contributed by atoms with Crippen molar-refractivity contribution in [1.29, 1.82) is 0 Å². The molecule has 0 amide bonds. The number of nitrogen functional groups attached to an aromatic ring is 1. The molecule has 3 N–H and O–H groups in total. The number of nitrogens with zero attached hydrogens (tertiary/aromatic N) is 1. The third-order valence-electron chi connectivity index (χ3n) is 2.14. The van der Waals surface area contributed by atoms with Crippen molar-refractivity contribution in [2.45, 2.75) is 6.92 Å². The summed E-state index contributed by atoms with van der Waals surface area (Å²) >= 11 is 0. The van der Waals surface area contributed by atoms with Crippen LogP contribution in [0.5, 0.6) is 0 Å². The number of anilines is 3. The summed E-state index contributed by atoms with van der Waals surface area (Å²) in [6, 6.07) is 7.97. The maximum absolute atomic E-state index is 12.9. The minimum atomic E-state index is -0.296. The first-order valence-corrected chi connectivity index (χ1v) is 4.90. The molecule has 0 saturated heterocycles. The van der Waals surface area contributed by atoms with Gasteiger partial charge in [0.25, 0.3) is 0 Å². The molecule has 1 heterocycles. The summed E-state index contributed by atoms with van der Waals surface area (Å²) in [5, 5.41) is 2.96. The van der Waals surface area contributed by atoms with E-state index in [-0.39, 0.29) is 5.82 Å². The van der Waals surface area contributed by atoms with Crippen LogP contribution in [-0.4, -0.2) is 4.98 Å². The van der Waals surface area contributed by atoms with Crippen LogP contribution in [0.15, 0.2) is 36.5 Å². The number of aromatic nitrogens is 1. The van der Waals surface area contributed by atoms with Gasteiger partial charge in [-0.2, -0.15) is 0 Å². The molecule has 2 rings (SSSR count). The Bertz CT molecular complexity index is 511. The van der Waals surface area contributed by atoms with E-state index in [2.05, 4.69) is 10.3 Å². The molecule has 0 radical (unpaired) electrons. The average Bonchev–Trinajstić information content (AvgIpc) is 2.22. The van der Waals surface area contributed by atoms with Gasteiger partial charge in [0.2, 0.25) is 0 Å². The highest BCUT2D eigenvalue weighted by Gasteiger charge is 2.02. The van der Waals surface area contributed by atoms with E-state index in [1.807, 2.05) is 13.0 Å². The molecule has 0 aliphatic heterocycles. The number of rotatable bonds is 2. The van der Waals surface area contributed by atoms with Crippen LogP contribution in [0.1, 0.15) is 5.56 Å². The second-order valence-corrected chi connectivity index (χ2v) is 3.59. The Morgan fingerprint density at radius 3 is 2.81 bits per heavy atom. The highest BCUT2D eigenvalue weighted by Crippen LogP contribution is 2.21. The molecule has 0 saturated carbocycles. The average molecular weight is 217 g/mol. The number of halogens is 1. The molecule has 0 aliphatic carbocycles. The predicted octanol–water partition coefficient (Wildman–Crippen LogP) is 2.85. The quantitative estimate of drug-likeness (QED) is 0.813. The van der Waals surface area contributed by atoms with Crippen LogP contribution in [0, 0.1) is 12.7 Å². The lowest BCUT2D eigenvalue weighted by molar-refractivity contribution is 0.628. The Morgan fingerprint density at radius 1 is 1.31 bits per heavy atom. The van der Waals surface area contributed by atoms with E-state index in [9.17, 15) is 4.39 Å². The standard InChI is InChI=1S/C12H12FN3/c1-8-5-11(14)12(15-7-8)16-10-4-2-3-9(13)6-10/h2-7H,14H2,1H3,(H,15,16). The minimum Gasteiger partial charge on any atom is -0.396 e. The maximum atomic E-state index is 12.9. The molecule has 16 heavy (non-hydrogen) atoms. The summed E-state index contributed by atoms with van der Waals surface area (Å²) < 4.78 is 12.9. The SMILES string of the molecule is Cc1cnc(Nc2cccc(F)c2)c(N)c1. The number of pyridine rings is 1. The van der Waals surface area contributed by atoms with Gasteiger partial charge in [0, 0.05) is 11.9 Å². The van der Waals surface area contributed by atoms with Crippen LogP contribution in [-0.2, 0) is 0 Å². The number of nitrogens with one attached hydrogen (secondary N) is 1. The van der Waals surface area contributed by atoms with Crippen molar-refractivity contribution < 1.29 is 4.39 Å². The van der Waals surface area contributed by atoms with E-state index < -0.39 is 0 Å². The zero-order chi connectivity index (χ0) is 11.5. The fraction of sp³-hybridized carbons (Fsp3) is 0.0833. The van der Waals surface area contributed by atoms with E-state index in [0.29, 0.717) is 17.2 Å². The highest BCUT2D eigenvalue weighted by atomic mass is 19.1. The van der Waals surface area contributed by atoms with Crippen molar-refractivity contribution >= 4 is 17.2 Å². The fourth-order valence-corrected chi connectivity index (χ4v) is 1.40. The van der Waals surface area contributed by atoms with Crippen LogP contribution in [0.2, 0.25) is 0 Å². The normalized spacial score (nSPS) is 10.1. The Balaban J connectivity index is 2.27. The third kappa shape index (κ3) is 2.28. The zero-order valence-electron chi connectivity index (χ0n) is 8.87. The van der Waals surface area contributed by atoms with E-state index in [0.717, 1.165) is 5.56 Å². The van der Waals surface area contributed by atoms with Crippen molar-refractivity contribution in [1.82, 2.24) is 4.98 Å². The van der Waals surface area contributed by atoms with Gasteiger partial charge in [0.1, 0.15) is 5.82 Å². The van der Waals surface area contributed by atoms with Crippen LogP contribution in [0.25, 0.3) is 0 Å². The molecule has 0 fully saturated rings. The lowest BCUT2D eigenvalue weighted by Gasteiger charge is -2.08. The van der Waals surface area contributed by atoms with Crippen LogP contribution in [0.4, 0.5) is 21.6 Å². The molecule has 1 aromatic heterocycles. The molecule has 1 aromatic carbocycles. The van der Waals surface area contributed by atoms with Crippen molar-refractivity contribution in [3.05, 3.63) is 47.9 Å².